The Morgan fingerprint density at radius 1 is 0.489 bits per heavy atom. The number of amides is 7. The van der Waals surface area contributed by atoms with E-state index in [0.29, 0.717) is 138 Å². The van der Waals surface area contributed by atoms with E-state index in [1.54, 1.807) is 4.90 Å². The predicted octanol–water partition coefficient (Wildman–Crippen LogP) is 4.57. The molecule has 0 aromatic heterocycles. The maximum Gasteiger partial charge on any atom is 0.407 e. The molecule has 2 aliphatic carbocycles. The van der Waals surface area contributed by atoms with Crippen LogP contribution in [-0.4, -0.2) is 229 Å². The lowest BCUT2D eigenvalue weighted by molar-refractivity contribution is -0.137. The minimum atomic E-state index is -0.423. The van der Waals surface area contributed by atoms with Crippen LogP contribution in [-0.2, 0) is 87.4 Å². The molecule has 0 fully saturated rings. The van der Waals surface area contributed by atoms with Crippen molar-refractivity contribution in [2.75, 3.05) is 176 Å². The Labute approximate surface area is 517 Å². The van der Waals surface area contributed by atoms with E-state index in [0.717, 1.165) is 66.7 Å². The molecular formula is C64H92N6O18. The second kappa shape index (κ2) is 43.3. The van der Waals surface area contributed by atoms with Crippen LogP contribution in [0.25, 0.3) is 11.1 Å². The van der Waals surface area contributed by atoms with Crippen molar-refractivity contribution < 1.29 is 85.7 Å². The molecule has 3 N–H and O–H groups in total. The number of para-hydroxylation sites is 1. The molecule has 486 valence electrons. The van der Waals surface area contributed by atoms with E-state index in [-0.39, 0.29) is 94.9 Å². The van der Waals surface area contributed by atoms with Crippen LogP contribution in [0.3, 0.4) is 0 Å². The van der Waals surface area contributed by atoms with Gasteiger partial charge in [-0.25, -0.2) is 4.79 Å². The lowest BCUT2D eigenvalue weighted by atomic mass is 9.77. The van der Waals surface area contributed by atoms with E-state index in [4.69, 9.17) is 52.1 Å². The number of imide groups is 1. The molecule has 88 heavy (non-hydrogen) atoms. The van der Waals surface area contributed by atoms with Crippen molar-refractivity contribution in [3.63, 3.8) is 0 Å². The standard InChI is InChI=1S/C64H92N6O18/c71-58(18-19-63(76)70-50-51-10-6-7-13-53(51)54-16-17-55(54)56-14-8-9-15-57(56)70)65-24-31-79-37-43-85-46-40-82-34-28-68(29-35-83-41-47-86-45-39-81-33-26-67-64(77)88-52-11-4-2-1-3-5-12-52)60(73)23-30-78-36-42-84-48-49-87-44-38-80-32-25-66-59(72)22-27-69-61(74)20-21-62(69)75/h1-2,6-10,13-15,20-21,52H,3-5,11-12,16-19,22-50H2,(H,65,71)(H,66,72)(H,67,77)/t52-/m0/s1. The molecule has 0 radical (unpaired) electrons. The Balaban J connectivity index is 0.761. The maximum absolute atomic E-state index is 13.7. The molecule has 2 heterocycles. The van der Waals surface area contributed by atoms with E-state index in [9.17, 15) is 33.6 Å². The van der Waals surface area contributed by atoms with Crippen molar-refractivity contribution in [2.24, 2.45) is 0 Å². The quantitative estimate of drug-likeness (QED) is 0.0466. The molecule has 7 amide bonds. The number of carbonyl (C=O) groups is 7. The van der Waals surface area contributed by atoms with E-state index in [1.807, 2.05) is 35.2 Å². The summed E-state index contributed by atoms with van der Waals surface area (Å²) in [6.45, 7) is 8.38. The number of nitrogens with one attached hydrogen (secondary N) is 3. The smallest absolute Gasteiger partial charge is 0.407 e. The Morgan fingerprint density at radius 3 is 1.55 bits per heavy atom. The maximum atomic E-state index is 13.7. The number of rotatable bonds is 46. The van der Waals surface area contributed by atoms with Gasteiger partial charge in [-0.1, -0.05) is 54.6 Å². The molecule has 2 aromatic rings. The van der Waals surface area contributed by atoms with Crippen molar-refractivity contribution in [2.45, 2.75) is 83.3 Å². The number of hydrogen-bond acceptors (Lipinski definition) is 18. The molecule has 6 rings (SSSR count). The number of benzene rings is 2. The first kappa shape index (κ1) is 70.6. The van der Waals surface area contributed by atoms with Gasteiger partial charge in [-0.05, 0) is 73.3 Å². The van der Waals surface area contributed by atoms with E-state index in [1.165, 1.54) is 28.9 Å². The fourth-order valence-electron chi connectivity index (χ4n) is 9.82. The number of hydrogen-bond donors (Lipinski definition) is 3. The van der Waals surface area contributed by atoms with Crippen LogP contribution >= 0.6 is 0 Å². The molecule has 24 heteroatoms. The number of alkyl carbamates (subject to hydrolysis) is 1. The molecule has 1 atom stereocenters. The zero-order valence-corrected chi connectivity index (χ0v) is 51.1. The third-order valence-electron chi connectivity index (χ3n) is 14.6. The van der Waals surface area contributed by atoms with Crippen LogP contribution < -0.4 is 20.9 Å². The summed E-state index contributed by atoms with van der Waals surface area (Å²) in [6, 6.07) is 16.3. The van der Waals surface area contributed by atoms with Crippen molar-refractivity contribution in [3.05, 3.63) is 89.5 Å². The number of carbonyl (C=O) groups excluding carboxylic acids is 7. The third-order valence-corrected chi connectivity index (χ3v) is 14.6. The van der Waals surface area contributed by atoms with E-state index >= 15 is 0 Å². The van der Waals surface area contributed by atoms with Gasteiger partial charge in [0.15, 0.2) is 0 Å². The predicted molar refractivity (Wildman–Crippen MR) is 326 cm³/mol. The zero-order valence-electron chi connectivity index (χ0n) is 51.1. The van der Waals surface area contributed by atoms with Gasteiger partial charge in [0.25, 0.3) is 11.8 Å². The molecule has 0 unspecified atom stereocenters. The number of allylic oxidation sites excluding steroid dienone is 4. The van der Waals surface area contributed by atoms with Gasteiger partial charge in [-0.15, -0.1) is 0 Å². The molecule has 2 aliphatic heterocycles. The first-order valence-electron chi connectivity index (χ1n) is 31.1. The summed E-state index contributed by atoms with van der Waals surface area (Å²) in [7, 11) is 0. The highest BCUT2D eigenvalue weighted by molar-refractivity contribution is 6.13. The SMILES string of the molecule is O=C(CCC(=O)N1Cc2ccccc2C2=C(CC2)c2ccccc21)NCCOCCOCCOCCN(CCOCCOCCOCCNC(=O)O[C@H]1CCC=CCCC1)C(=O)CCOCCOCCOCCOCCNC(=O)CCN1C(=O)C=CC1=O. The number of anilines is 1. The summed E-state index contributed by atoms with van der Waals surface area (Å²) in [5.41, 5.74) is 6.93. The molecule has 24 nitrogen and oxygen atoms in total. The summed E-state index contributed by atoms with van der Waals surface area (Å²) >= 11 is 0. The first-order valence-corrected chi connectivity index (χ1v) is 31.1. The van der Waals surface area contributed by atoms with Gasteiger partial charge in [-0.3, -0.25) is 33.7 Å². The normalized spacial score (nSPS) is 15.3. The minimum absolute atomic E-state index is 0.0169. The van der Waals surface area contributed by atoms with Crippen LogP contribution in [0.1, 0.15) is 87.3 Å². The van der Waals surface area contributed by atoms with Crippen LogP contribution in [0.2, 0.25) is 0 Å². The Bertz CT molecular complexity index is 2530. The number of fused-ring (bicyclic) bond motifs is 4. The number of nitrogens with zero attached hydrogens (tertiary/aromatic N) is 3. The highest BCUT2D eigenvalue weighted by atomic mass is 16.6. The molecular weight excluding hydrogens is 1140 g/mol. The third kappa shape index (κ3) is 27.5. The van der Waals surface area contributed by atoms with Gasteiger partial charge in [0.2, 0.25) is 23.6 Å². The lowest BCUT2D eigenvalue weighted by Gasteiger charge is -2.35. The van der Waals surface area contributed by atoms with Crippen molar-refractivity contribution in [1.82, 2.24) is 25.8 Å². The second-order valence-electron chi connectivity index (χ2n) is 20.9. The molecule has 0 saturated carbocycles. The summed E-state index contributed by atoms with van der Waals surface area (Å²) in [5.74, 6) is -1.55. The van der Waals surface area contributed by atoms with Gasteiger partial charge in [0, 0.05) is 76.2 Å². The van der Waals surface area contributed by atoms with Gasteiger partial charge in [0.1, 0.15) is 6.10 Å². The summed E-state index contributed by atoms with van der Waals surface area (Å²) < 4.78 is 61.9. The van der Waals surface area contributed by atoms with Crippen LogP contribution in [0.5, 0.6) is 0 Å². The van der Waals surface area contributed by atoms with Crippen LogP contribution in [0, 0.1) is 0 Å². The molecule has 0 spiro atoms. The second-order valence-corrected chi connectivity index (χ2v) is 20.9. The highest BCUT2D eigenvalue weighted by Crippen LogP contribution is 2.48. The van der Waals surface area contributed by atoms with Crippen molar-refractivity contribution >= 4 is 58.4 Å². The number of ether oxygens (including phenoxy) is 11. The monoisotopic (exact) mass is 1230 g/mol. The molecule has 0 saturated heterocycles. The van der Waals surface area contributed by atoms with E-state index < -0.39 is 17.9 Å². The van der Waals surface area contributed by atoms with Gasteiger partial charge < -0.3 is 77.9 Å². The fourth-order valence-corrected chi connectivity index (χ4v) is 9.82. The van der Waals surface area contributed by atoms with Gasteiger partial charge in [0.05, 0.1) is 151 Å². The summed E-state index contributed by atoms with van der Waals surface area (Å²) in [5, 5.41) is 8.28. The molecule has 4 aliphatic rings. The van der Waals surface area contributed by atoms with Crippen molar-refractivity contribution in [3.8, 4) is 0 Å². The molecule has 2 aromatic carbocycles. The van der Waals surface area contributed by atoms with Crippen molar-refractivity contribution in [1.29, 1.82) is 0 Å². The average Bonchev–Trinajstić information content (AvgIpc) is 0.951. The van der Waals surface area contributed by atoms with Crippen LogP contribution in [0.15, 0.2) is 72.8 Å². The summed E-state index contributed by atoms with van der Waals surface area (Å²) in [4.78, 5) is 91.6. The lowest BCUT2D eigenvalue weighted by Crippen LogP contribution is -2.37. The van der Waals surface area contributed by atoms with Crippen LogP contribution in [0.4, 0.5) is 10.5 Å². The first-order chi connectivity index (χ1) is 43.2. The Morgan fingerprint density at radius 2 is 0.966 bits per heavy atom. The van der Waals surface area contributed by atoms with Gasteiger partial charge in [-0.2, -0.15) is 0 Å². The van der Waals surface area contributed by atoms with Gasteiger partial charge >= 0.3 is 6.09 Å². The Hall–Kier alpha value is -6.45. The minimum Gasteiger partial charge on any atom is -0.446 e. The molecule has 0 bridgehead atoms. The Kier molecular flexibility index (Phi) is 34.7. The zero-order chi connectivity index (χ0) is 62.1. The van der Waals surface area contributed by atoms with E-state index in [2.05, 4.69) is 46.3 Å². The summed E-state index contributed by atoms with van der Waals surface area (Å²) in [6.07, 6.45) is 13.2. The fraction of sp³-hybridized carbons (Fsp3) is 0.609. The topological polar surface area (TPSA) is 267 Å². The highest BCUT2D eigenvalue weighted by Gasteiger charge is 2.31. The largest absolute Gasteiger partial charge is 0.446 e. The average molecular weight is 1230 g/mol.